The topological polar surface area (TPSA) is 27.6 Å². The van der Waals surface area contributed by atoms with Gasteiger partial charge >= 0.3 is 0 Å². The standard InChI is InChI=1S/C13H25N3/c1-11(2)16-8-6-12(10-16)9-15-13-5-3-4-7-14-13/h11-12H,3-10H2,1-2H3,(H,14,15). The van der Waals surface area contributed by atoms with E-state index in [0.717, 1.165) is 19.0 Å². The number of nitrogens with zero attached hydrogens (tertiary/aromatic N) is 2. The lowest BCUT2D eigenvalue weighted by atomic mass is 10.1. The van der Waals surface area contributed by atoms with Crippen molar-refractivity contribution < 1.29 is 0 Å². The largest absolute Gasteiger partial charge is 0.374 e. The zero-order chi connectivity index (χ0) is 11.4. The highest BCUT2D eigenvalue weighted by atomic mass is 15.2. The average molecular weight is 223 g/mol. The van der Waals surface area contributed by atoms with E-state index in [1.807, 2.05) is 0 Å². The van der Waals surface area contributed by atoms with E-state index in [4.69, 9.17) is 0 Å². The van der Waals surface area contributed by atoms with Gasteiger partial charge in [0.05, 0.1) is 5.84 Å². The van der Waals surface area contributed by atoms with E-state index >= 15 is 0 Å². The molecule has 0 bridgehead atoms. The first kappa shape index (κ1) is 11.9. The Balaban J connectivity index is 1.69. The van der Waals surface area contributed by atoms with Crippen LogP contribution in [0.4, 0.5) is 0 Å². The minimum absolute atomic E-state index is 0.706. The zero-order valence-corrected chi connectivity index (χ0v) is 10.7. The molecule has 1 saturated heterocycles. The second kappa shape index (κ2) is 5.67. The van der Waals surface area contributed by atoms with Crippen LogP contribution in [0.1, 0.15) is 39.5 Å². The van der Waals surface area contributed by atoms with Gasteiger partial charge < -0.3 is 10.2 Å². The van der Waals surface area contributed by atoms with Crippen LogP contribution in [0.2, 0.25) is 0 Å². The van der Waals surface area contributed by atoms with Gasteiger partial charge in [-0.2, -0.15) is 0 Å². The summed E-state index contributed by atoms with van der Waals surface area (Å²) in [5.41, 5.74) is 0. The van der Waals surface area contributed by atoms with E-state index in [1.165, 1.54) is 44.6 Å². The third-order valence-electron chi connectivity index (χ3n) is 3.77. The number of hydrogen-bond donors (Lipinski definition) is 1. The summed E-state index contributed by atoms with van der Waals surface area (Å²) in [7, 11) is 0. The molecule has 0 amide bonds. The van der Waals surface area contributed by atoms with E-state index in [2.05, 4.69) is 29.1 Å². The Bertz CT molecular complexity index is 248. The van der Waals surface area contributed by atoms with Crippen LogP contribution in [0.25, 0.3) is 0 Å². The van der Waals surface area contributed by atoms with Gasteiger partial charge in [0, 0.05) is 32.1 Å². The van der Waals surface area contributed by atoms with Gasteiger partial charge in [-0.1, -0.05) is 0 Å². The van der Waals surface area contributed by atoms with Crippen molar-refractivity contribution in [2.75, 3.05) is 26.2 Å². The van der Waals surface area contributed by atoms with Crippen molar-refractivity contribution >= 4 is 5.84 Å². The van der Waals surface area contributed by atoms with E-state index in [-0.39, 0.29) is 0 Å². The molecule has 2 aliphatic rings. The maximum Gasteiger partial charge on any atom is 0.0963 e. The summed E-state index contributed by atoms with van der Waals surface area (Å²) in [5.74, 6) is 2.08. The van der Waals surface area contributed by atoms with Gasteiger partial charge in [0.15, 0.2) is 0 Å². The van der Waals surface area contributed by atoms with Crippen LogP contribution < -0.4 is 5.32 Å². The van der Waals surface area contributed by atoms with Gasteiger partial charge in [0.2, 0.25) is 0 Å². The van der Waals surface area contributed by atoms with Crippen molar-refractivity contribution in [2.45, 2.75) is 45.6 Å². The maximum absolute atomic E-state index is 4.54. The highest BCUT2D eigenvalue weighted by Crippen LogP contribution is 2.17. The van der Waals surface area contributed by atoms with Crippen molar-refractivity contribution in [3.8, 4) is 0 Å². The van der Waals surface area contributed by atoms with Gasteiger partial charge in [-0.25, -0.2) is 0 Å². The van der Waals surface area contributed by atoms with E-state index in [9.17, 15) is 0 Å². The number of hydrogen-bond acceptors (Lipinski definition) is 3. The molecule has 2 rings (SSSR count). The fraction of sp³-hybridized carbons (Fsp3) is 0.923. The minimum Gasteiger partial charge on any atom is -0.374 e. The van der Waals surface area contributed by atoms with E-state index < -0.39 is 0 Å². The smallest absolute Gasteiger partial charge is 0.0963 e. The van der Waals surface area contributed by atoms with E-state index in [0.29, 0.717) is 6.04 Å². The Morgan fingerprint density at radius 2 is 2.31 bits per heavy atom. The second-order valence-corrected chi connectivity index (χ2v) is 5.41. The molecule has 3 heteroatoms. The first-order valence-corrected chi connectivity index (χ1v) is 6.77. The Hall–Kier alpha value is -0.570. The first-order chi connectivity index (χ1) is 7.75. The summed E-state index contributed by atoms with van der Waals surface area (Å²) in [6.45, 7) is 9.28. The van der Waals surface area contributed by atoms with Gasteiger partial charge in [0.1, 0.15) is 0 Å². The summed E-state index contributed by atoms with van der Waals surface area (Å²) >= 11 is 0. The van der Waals surface area contributed by atoms with Gasteiger partial charge in [0.25, 0.3) is 0 Å². The Kier molecular flexibility index (Phi) is 4.22. The molecule has 0 spiro atoms. The average Bonchev–Trinajstić information content (AvgIpc) is 2.76. The molecule has 0 aromatic rings. The van der Waals surface area contributed by atoms with Gasteiger partial charge in [-0.3, -0.25) is 4.99 Å². The molecule has 3 nitrogen and oxygen atoms in total. The monoisotopic (exact) mass is 223 g/mol. The Morgan fingerprint density at radius 3 is 2.94 bits per heavy atom. The van der Waals surface area contributed by atoms with Crippen LogP contribution >= 0.6 is 0 Å². The highest BCUT2D eigenvalue weighted by molar-refractivity contribution is 5.82. The minimum atomic E-state index is 0.706. The van der Waals surface area contributed by atoms with Gasteiger partial charge in [-0.15, -0.1) is 0 Å². The third kappa shape index (κ3) is 3.21. The molecule has 0 aromatic heterocycles. The summed E-state index contributed by atoms with van der Waals surface area (Å²) in [4.78, 5) is 7.11. The normalized spacial score (nSPS) is 27.2. The van der Waals surface area contributed by atoms with Crippen molar-refractivity contribution in [2.24, 2.45) is 10.9 Å². The van der Waals surface area contributed by atoms with Crippen molar-refractivity contribution in [1.29, 1.82) is 0 Å². The number of aliphatic imine (C=N–C) groups is 1. The molecule has 1 fully saturated rings. The molecule has 0 aliphatic carbocycles. The fourth-order valence-electron chi connectivity index (χ4n) is 2.60. The molecule has 2 aliphatic heterocycles. The molecule has 0 radical (unpaired) electrons. The molecular weight excluding hydrogens is 198 g/mol. The molecular formula is C13H25N3. The van der Waals surface area contributed by atoms with Crippen molar-refractivity contribution in [3.05, 3.63) is 0 Å². The second-order valence-electron chi connectivity index (χ2n) is 5.41. The zero-order valence-electron chi connectivity index (χ0n) is 10.7. The lowest BCUT2D eigenvalue weighted by Crippen LogP contribution is -2.33. The van der Waals surface area contributed by atoms with Crippen LogP contribution in [0.5, 0.6) is 0 Å². The molecule has 1 atom stereocenters. The van der Waals surface area contributed by atoms with Crippen LogP contribution in [-0.4, -0.2) is 43.0 Å². The Labute approximate surface area is 99.3 Å². The number of amidine groups is 1. The molecule has 1 N–H and O–H groups in total. The Morgan fingerprint density at radius 1 is 1.44 bits per heavy atom. The van der Waals surface area contributed by atoms with Crippen LogP contribution in [-0.2, 0) is 0 Å². The van der Waals surface area contributed by atoms with Crippen LogP contribution in [0, 0.1) is 5.92 Å². The number of nitrogens with one attached hydrogen (secondary N) is 1. The van der Waals surface area contributed by atoms with Crippen LogP contribution in [0.3, 0.4) is 0 Å². The quantitative estimate of drug-likeness (QED) is 0.791. The fourth-order valence-corrected chi connectivity index (χ4v) is 2.60. The molecule has 2 heterocycles. The van der Waals surface area contributed by atoms with Gasteiger partial charge in [-0.05, 0) is 45.6 Å². The van der Waals surface area contributed by atoms with Crippen molar-refractivity contribution in [1.82, 2.24) is 10.2 Å². The summed E-state index contributed by atoms with van der Waals surface area (Å²) in [5, 5.41) is 3.55. The molecule has 0 saturated carbocycles. The predicted octanol–water partition coefficient (Wildman–Crippen LogP) is 1.89. The third-order valence-corrected chi connectivity index (χ3v) is 3.77. The highest BCUT2D eigenvalue weighted by Gasteiger charge is 2.24. The lowest BCUT2D eigenvalue weighted by Gasteiger charge is -2.21. The predicted molar refractivity (Wildman–Crippen MR) is 69.0 cm³/mol. The lowest BCUT2D eigenvalue weighted by molar-refractivity contribution is 0.265. The molecule has 1 unspecified atom stereocenters. The van der Waals surface area contributed by atoms with Crippen LogP contribution in [0.15, 0.2) is 4.99 Å². The van der Waals surface area contributed by atoms with Crippen molar-refractivity contribution in [3.63, 3.8) is 0 Å². The number of rotatable bonds is 3. The maximum atomic E-state index is 4.54. The summed E-state index contributed by atoms with van der Waals surface area (Å²) in [6, 6.07) is 0.706. The SMILES string of the molecule is CC(C)N1CCC(CNC2=NCCCC2)C1. The summed E-state index contributed by atoms with van der Waals surface area (Å²) in [6.07, 6.45) is 5.10. The molecule has 92 valence electrons. The first-order valence-electron chi connectivity index (χ1n) is 6.77. The number of likely N-dealkylation sites (tertiary alicyclic amines) is 1. The molecule has 0 aromatic carbocycles. The van der Waals surface area contributed by atoms with E-state index in [1.54, 1.807) is 0 Å². The molecule has 16 heavy (non-hydrogen) atoms. The summed E-state index contributed by atoms with van der Waals surface area (Å²) < 4.78 is 0.